The predicted octanol–water partition coefficient (Wildman–Crippen LogP) is 0.809. The van der Waals surface area contributed by atoms with Crippen LogP contribution in [0, 0.1) is 7.05 Å². The van der Waals surface area contributed by atoms with Gasteiger partial charge in [-0.25, -0.2) is 0 Å². The standard InChI is InChI=1S/C7H15N2/c1-3-9(2)7-5-4-6-8-7/h7-8H,2-6H2,1H3. The number of hydrogen-bond donors (Lipinski definition) is 1. The van der Waals surface area contributed by atoms with Crippen molar-refractivity contribution in [2.75, 3.05) is 13.1 Å². The van der Waals surface area contributed by atoms with Gasteiger partial charge in [-0.2, -0.15) is 0 Å². The molecule has 1 atom stereocenters. The van der Waals surface area contributed by atoms with Gasteiger partial charge in [0.25, 0.3) is 0 Å². The quantitative estimate of drug-likeness (QED) is 0.590. The first-order chi connectivity index (χ1) is 4.34. The van der Waals surface area contributed by atoms with Gasteiger partial charge in [0.15, 0.2) is 0 Å². The Morgan fingerprint density at radius 2 is 2.56 bits per heavy atom. The molecule has 2 heteroatoms. The van der Waals surface area contributed by atoms with E-state index in [9.17, 15) is 0 Å². The van der Waals surface area contributed by atoms with Gasteiger partial charge < -0.3 is 5.32 Å². The van der Waals surface area contributed by atoms with E-state index in [2.05, 4.69) is 24.2 Å². The SMILES string of the molecule is [CH2]N(CC)C1CCCN1. The van der Waals surface area contributed by atoms with Crippen LogP contribution in [0.3, 0.4) is 0 Å². The van der Waals surface area contributed by atoms with Crippen LogP contribution in [0.1, 0.15) is 19.8 Å². The van der Waals surface area contributed by atoms with Crippen molar-refractivity contribution in [1.82, 2.24) is 10.2 Å². The zero-order valence-corrected chi connectivity index (χ0v) is 6.06. The molecule has 0 saturated carbocycles. The summed E-state index contributed by atoms with van der Waals surface area (Å²) in [4.78, 5) is 2.10. The zero-order valence-electron chi connectivity index (χ0n) is 6.06. The molecule has 0 spiro atoms. The van der Waals surface area contributed by atoms with E-state index in [0.29, 0.717) is 6.17 Å². The van der Waals surface area contributed by atoms with Crippen LogP contribution in [-0.4, -0.2) is 24.2 Å². The van der Waals surface area contributed by atoms with Gasteiger partial charge in [-0.15, -0.1) is 0 Å². The Morgan fingerprint density at radius 3 is 3.00 bits per heavy atom. The monoisotopic (exact) mass is 127 g/mol. The van der Waals surface area contributed by atoms with Crippen molar-refractivity contribution in [1.29, 1.82) is 0 Å². The van der Waals surface area contributed by atoms with E-state index in [1.807, 2.05) is 0 Å². The van der Waals surface area contributed by atoms with Crippen molar-refractivity contribution < 1.29 is 0 Å². The lowest BCUT2D eigenvalue weighted by Crippen LogP contribution is -2.37. The molecule has 0 amide bonds. The average Bonchev–Trinajstić information content (AvgIpc) is 2.37. The van der Waals surface area contributed by atoms with Crippen LogP contribution in [0.5, 0.6) is 0 Å². The second-order valence-electron chi connectivity index (χ2n) is 2.52. The minimum Gasteiger partial charge on any atom is -0.302 e. The lowest BCUT2D eigenvalue weighted by Gasteiger charge is -2.21. The summed E-state index contributed by atoms with van der Waals surface area (Å²) in [5, 5.41) is 3.37. The highest BCUT2D eigenvalue weighted by atomic mass is 15.3. The van der Waals surface area contributed by atoms with E-state index >= 15 is 0 Å². The highest BCUT2D eigenvalue weighted by molar-refractivity contribution is 4.73. The van der Waals surface area contributed by atoms with Gasteiger partial charge in [0.1, 0.15) is 0 Å². The number of hydrogen-bond acceptors (Lipinski definition) is 2. The second kappa shape index (κ2) is 3.18. The van der Waals surface area contributed by atoms with Gasteiger partial charge in [-0.1, -0.05) is 6.92 Å². The lowest BCUT2D eigenvalue weighted by molar-refractivity contribution is 0.265. The van der Waals surface area contributed by atoms with Crippen molar-refractivity contribution in [2.24, 2.45) is 0 Å². The van der Waals surface area contributed by atoms with Crippen molar-refractivity contribution in [3.8, 4) is 0 Å². The minimum atomic E-state index is 0.551. The fourth-order valence-corrected chi connectivity index (χ4v) is 1.20. The Labute approximate surface area is 57.2 Å². The summed E-state index contributed by atoms with van der Waals surface area (Å²) in [5.74, 6) is 0. The van der Waals surface area contributed by atoms with Crippen LogP contribution in [0.2, 0.25) is 0 Å². The van der Waals surface area contributed by atoms with Crippen molar-refractivity contribution in [2.45, 2.75) is 25.9 Å². The molecule has 1 rings (SSSR count). The summed E-state index contributed by atoms with van der Waals surface area (Å²) in [7, 11) is 3.91. The maximum Gasteiger partial charge on any atom is 0.0597 e. The van der Waals surface area contributed by atoms with Crippen LogP contribution in [-0.2, 0) is 0 Å². The van der Waals surface area contributed by atoms with Gasteiger partial charge in [0, 0.05) is 7.05 Å². The van der Waals surface area contributed by atoms with Gasteiger partial charge in [-0.05, 0) is 25.9 Å². The van der Waals surface area contributed by atoms with Crippen molar-refractivity contribution in [3.63, 3.8) is 0 Å². The first-order valence-corrected chi connectivity index (χ1v) is 3.65. The summed E-state index contributed by atoms with van der Waals surface area (Å²) in [5.41, 5.74) is 0. The van der Waals surface area contributed by atoms with Gasteiger partial charge in [0.2, 0.25) is 0 Å². The van der Waals surface area contributed by atoms with E-state index in [-0.39, 0.29) is 0 Å². The number of nitrogens with zero attached hydrogens (tertiary/aromatic N) is 1. The molecule has 53 valence electrons. The molecule has 1 unspecified atom stereocenters. The number of rotatable bonds is 2. The van der Waals surface area contributed by atoms with E-state index in [4.69, 9.17) is 0 Å². The fraction of sp³-hybridized carbons (Fsp3) is 0.857. The molecule has 0 aromatic rings. The van der Waals surface area contributed by atoms with Crippen LogP contribution in [0.25, 0.3) is 0 Å². The third kappa shape index (κ3) is 1.66. The highest BCUT2D eigenvalue weighted by Gasteiger charge is 2.16. The maximum absolute atomic E-state index is 3.91. The first kappa shape index (κ1) is 7.03. The Balaban J connectivity index is 2.24. The average molecular weight is 127 g/mol. The molecule has 1 N–H and O–H groups in total. The fourth-order valence-electron chi connectivity index (χ4n) is 1.20. The predicted molar refractivity (Wildman–Crippen MR) is 38.8 cm³/mol. The van der Waals surface area contributed by atoms with E-state index < -0.39 is 0 Å². The van der Waals surface area contributed by atoms with Crippen molar-refractivity contribution in [3.05, 3.63) is 7.05 Å². The third-order valence-corrected chi connectivity index (χ3v) is 1.88. The molecule has 1 saturated heterocycles. The summed E-state index contributed by atoms with van der Waals surface area (Å²) in [6, 6.07) is 0. The molecule has 1 fully saturated rings. The number of nitrogens with one attached hydrogen (secondary N) is 1. The molecule has 1 heterocycles. The smallest absolute Gasteiger partial charge is 0.0597 e. The third-order valence-electron chi connectivity index (χ3n) is 1.88. The molecule has 1 aliphatic heterocycles. The van der Waals surface area contributed by atoms with Gasteiger partial charge in [0.05, 0.1) is 6.17 Å². The second-order valence-corrected chi connectivity index (χ2v) is 2.52. The van der Waals surface area contributed by atoms with Gasteiger partial charge in [-0.3, -0.25) is 4.90 Å². The lowest BCUT2D eigenvalue weighted by atomic mass is 10.3. The molecular formula is C7H15N2. The van der Waals surface area contributed by atoms with E-state index in [1.54, 1.807) is 0 Å². The van der Waals surface area contributed by atoms with Crippen LogP contribution < -0.4 is 5.32 Å². The summed E-state index contributed by atoms with van der Waals surface area (Å²) < 4.78 is 0. The molecule has 9 heavy (non-hydrogen) atoms. The molecule has 0 aliphatic carbocycles. The molecule has 1 radical (unpaired) electrons. The molecule has 0 aromatic heterocycles. The summed E-state index contributed by atoms with van der Waals surface area (Å²) in [6.45, 7) is 4.33. The Morgan fingerprint density at radius 1 is 1.78 bits per heavy atom. The van der Waals surface area contributed by atoms with Crippen LogP contribution in [0.15, 0.2) is 0 Å². The Bertz CT molecular complexity index is 77.0. The van der Waals surface area contributed by atoms with E-state index in [1.165, 1.54) is 12.8 Å². The minimum absolute atomic E-state index is 0.551. The normalized spacial score (nSPS) is 27.7. The Hall–Kier alpha value is -0.0800. The first-order valence-electron chi connectivity index (χ1n) is 3.65. The molecular weight excluding hydrogens is 112 g/mol. The summed E-state index contributed by atoms with van der Waals surface area (Å²) >= 11 is 0. The zero-order chi connectivity index (χ0) is 6.69. The van der Waals surface area contributed by atoms with Gasteiger partial charge >= 0.3 is 0 Å². The van der Waals surface area contributed by atoms with E-state index in [0.717, 1.165) is 13.1 Å². The molecule has 0 bridgehead atoms. The molecule has 2 nitrogen and oxygen atoms in total. The largest absolute Gasteiger partial charge is 0.302 e. The highest BCUT2D eigenvalue weighted by Crippen LogP contribution is 2.07. The Kier molecular flexibility index (Phi) is 2.49. The van der Waals surface area contributed by atoms with Crippen LogP contribution >= 0.6 is 0 Å². The summed E-state index contributed by atoms with van der Waals surface area (Å²) in [6.07, 6.45) is 3.11. The topological polar surface area (TPSA) is 15.3 Å². The van der Waals surface area contributed by atoms with Crippen LogP contribution in [0.4, 0.5) is 0 Å². The molecule has 1 aliphatic rings. The molecule has 0 aromatic carbocycles. The maximum atomic E-state index is 3.91. The van der Waals surface area contributed by atoms with Crippen molar-refractivity contribution >= 4 is 0 Å².